The second-order valence-electron chi connectivity index (χ2n) is 8.80. The highest BCUT2D eigenvalue weighted by atomic mass is 19.3. The van der Waals surface area contributed by atoms with E-state index in [1.165, 1.54) is 5.56 Å². The van der Waals surface area contributed by atoms with Gasteiger partial charge in [0.2, 0.25) is 5.91 Å². The van der Waals surface area contributed by atoms with Crippen molar-refractivity contribution >= 4 is 11.8 Å². The monoisotopic (exact) mass is 477 g/mol. The topological polar surface area (TPSA) is 91.0 Å². The van der Waals surface area contributed by atoms with Crippen LogP contribution in [0, 0.1) is 25.2 Å². The van der Waals surface area contributed by atoms with Crippen LogP contribution in [0.1, 0.15) is 33.6 Å². The second-order valence-corrected chi connectivity index (χ2v) is 8.80. The molecule has 0 unspecified atom stereocenters. The van der Waals surface area contributed by atoms with E-state index in [0.29, 0.717) is 12.2 Å². The van der Waals surface area contributed by atoms with E-state index >= 15 is 0 Å². The first-order valence-corrected chi connectivity index (χ1v) is 11.2. The largest absolute Gasteiger partial charge is 0.343 e. The van der Waals surface area contributed by atoms with Crippen molar-refractivity contribution in [2.75, 3.05) is 13.1 Å². The molecule has 9 heteroatoms. The molecule has 2 aromatic carbocycles. The molecule has 1 fully saturated rings. The molecule has 1 aliphatic rings. The molecule has 180 valence electrons. The fraction of sp³-hybridized carbons (Fsp3) is 0.308. The Morgan fingerprint density at radius 2 is 1.91 bits per heavy atom. The maximum Gasteiger partial charge on any atom is 0.268 e. The Morgan fingerprint density at radius 1 is 1.17 bits per heavy atom. The minimum absolute atomic E-state index is 0.288. The lowest BCUT2D eigenvalue weighted by Gasteiger charge is -2.19. The van der Waals surface area contributed by atoms with Crippen LogP contribution in [0.3, 0.4) is 0 Å². The van der Waals surface area contributed by atoms with Gasteiger partial charge in [-0.2, -0.15) is 10.4 Å². The number of rotatable bonds is 6. The van der Waals surface area contributed by atoms with E-state index in [4.69, 9.17) is 5.26 Å². The van der Waals surface area contributed by atoms with E-state index in [1.54, 1.807) is 23.9 Å². The number of likely N-dealkylation sites (tertiary alicyclic amines) is 1. The molecule has 3 aromatic rings. The van der Waals surface area contributed by atoms with Gasteiger partial charge in [0.05, 0.1) is 37.0 Å². The summed E-state index contributed by atoms with van der Waals surface area (Å²) in [6, 6.07) is 16.8. The highest BCUT2D eigenvalue weighted by Crippen LogP contribution is 2.31. The maximum absolute atomic E-state index is 13.6. The van der Waals surface area contributed by atoms with Crippen molar-refractivity contribution in [3.63, 3.8) is 0 Å². The number of benzene rings is 2. The molecule has 0 aliphatic carbocycles. The average molecular weight is 478 g/mol. The van der Waals surface area contributed by atoms with Crippen molar-refractivity contribution in [2.24, 2.45) is 0 Å². The van der Waals surface area contributed by atoms with E-state index in [2.05, 4.69) is 40.7 Å². The standard InChI is InChI=1S/C26H25F2N5O2/c1-17-6-8-20(9-7-17)21-5-3-4-19(10-21)14-32-15-23(18(2)31-32)25(35)30-13-24(34)33-16-26(27,28)11-22(33)12-29/h3-10,15,22H,11,13-14,16H2,1-2H3,(H,30,35)/t22-/m0/s1. The Balaban J connectivity index is 1.40. The van der Waals surface area contributed by atoms with E-state index in [0.717, 1.165) is 21.6 Å². The summed E-state index contributed by atoms with van der Waals surface area (Å²) in [6.07, 6.45) is 0.899. The highest BCUT2D eigenvalue weighted by molar-refractivity contribution is 5.97. The number of carbonyl (C=O) groups excluding carboxylic acids is 2. The molecule has 0 radical (unpaired) electrons. The van der Waals surface area contributed by atoms with Crippen LogP contribution in [0.25, 0.3) is 11.1 Å². The van der Waals surface area contributed by atoms with Crippen LogP contribution >= 0.6 is 0 Å². The first-order chi connectivity index (χ1) is 16.6. The van der Waals surface area contributed by atoms with Gasteiger partial charge in [-0.15, -0.1) is 0 Å². The predicted octanol–water partition coefficient (Wildman–Crippen LogP) is 3.70. The Labute approximate surface area is 202 Å². The molecule has 1 aromatic heterocycles. The number of hydrogen-bond acceptors (Lipinski definition) is 4. The third kappa shape index (κ3) is 5.54. The third-order valence-corrected chi connectivity index (χ3v) is 5.99. The zero-order valence-corrected chi connectivity index (χ0v) is 19.5. The molecule has 0 spiro atoms. The molecular formula is C26H25F2N5O2. The van der Waals surface area contributed by atoms with Gasteiger partial charge in [-0.25, -0.2) is 8.78 Å². The summed E-state index contributed by atoms with van der Waals surface area (Å²) < 4.78 is 28.8. The number of nitrogens with one attached hydrogen (secondary N) is 1. The molecule has 2 amide bonds. The predicted molar refractivity (Wildman–Crippen MR) is 126 cm³/mol. The highest BCUT2D eigenvalue weighted by Gasteiger charge is 2.47. The number of nitrogens with zero attached hydrogens (tertiary/aromatic N) is 4. The number of amides is 2. The van der Waals surface area contributed by atoms with Crippen molar-refractivity contribution in [3.05, 3.63) is 77.1 Å². The Bertz CT molecular complexity index is 1290. The van der Waals surface area contributed by atoms with Crippen LogP contribution in [0.15, 0.2) is 54.7 Å². The zero-order chi connectivity index (χ0) is 25.2. The van der Waals surface area contributed by atoms with Gasteiger partial charge in [-0.05, 0) is 36.6 Å². The van der Waals surface area contributed by atoms with Crippen molar-refractivity contribution < 1.29 is 18.4 Å². The van der Waals surface area contributed by atoms with E-state index in [9.17, 15) is 18.4 Å². The number of aromatic nitrogens is 2. The maximum atomic E-state index is 13.6. The summed E-state index contributed by atoms with van der Waals surface area (Å²) in [7, 11) is 0. The van der Waals surface area contributed by atoms with Crippen molar-refractivity contribution in [2.45, 2.75) is 38.8 Å². The van der Waals surface area contributed by atoms with Crippen LogP contribution in [-0.2, 0) is 11.3 Å². The van der Waals surface area contributed by atoms with Gasteiger partial charge in [-0.1, -0.05) is 48.0 Å². The van der Waals surface area contributed by atoms with Crippen molar-refractivity contribution in [1.82, 2.24) is 20.0 Å². The summed E-state index contributed by atoms with van der Waals surface area (Å²) in [6.45, 7) is 2.87. The van der Waals surface area contributed by atoms with Gasteiger partial charge in [0, 0.05) is 12.6 Å². The third-order valence-electron chi connectivity index (χ3n) is 5.99. The first-order valence-electron chi connectivity index (χ1n) is 11.2. The Hall–Kier alpha value is -4.06. The molecule has 7 nitrogen and oxygen atoms in total. The van der Waals surface area contributed by atoms with E-state index < -0.39 is 43.3 Å². The van der Waals surface area contributed by atoms with Crippen molar-refractivity contribution in [1.29, 1.82) is 5.26 Å². The molecule has 4 rings (SSSR count). The molecule has 2 heterocycles. The summed E-state index contributed by atoms with van der Waals surface area (Å²) in [5, 5.41) is 15.9. The average Bonchev–Trinajstić information content (AvgIpc) is 3.35. The van der Waals surface area contributed by atoms with Crippen LogP contribution in [0.5, 0.6) is 0 Å². The number of nitriles is 1. The summed E-state index contributed by atoms with van der Waals surface area (Å²) in [5.74, 6) is -4.36. The summed E-state index contributed by atoms with van der Waals surface area (Å²) in [5.41, 5.74) is 5.14. The quantitative estimate of drug-likeness (QED) is 0.586. The molecule has 1 atom stereocenters. The number of carbonyl (C=O) groups is 2. The molecule has 1 N–H and O–H groups in total. The number of halogens is 2. The van der Waals surface area contributed by atoms with Gasteiger partial charge in [0.1, 0.15) is 6.04 Å². The minimum Gasteiger partial charge on any atom is -0.343 e. The smallest absolute Gasteiger partial charge is 0.268 e. The molecule has 0 bridgehead atoms. The molecule has 35 heavy (non-hydrogen) atoms. The molecule has 1 saturated heterocycles. The van der Waals surface area contributed by atoms with Crippen LogP contribution in [0.2, 0.25) is 0 Å². The fourth-order valence-electron chi connectivity index (χ4n) is 4.15. The van der Waals surface area contributed by atoms with Gasteiger partial charge in [0.25, 0.3) is 11.8 Å². The lowest BCUT2D eigenvalue weighted by atomic mass is 10.0. The van der Waals surface area contributed by atoms with E-state index in [-0.39, 0.29) is 5.56 Å². The number of alkyl halides is 2. The van der Waals surface area contributed by atoms with Gasteiger partial charge < -0.3 is 10.2 Å². The lowest BCUT2D eigenvalue weighted by Crippen LogP contribution is -2.43. The number of aryl methyl sites for hydroxylation is 2. The summed E-state index contributed by atoms with van der Waals surface area (Å²) >= 11 is 0. The first kappa shape index (κ1) is 24.1. The normalized spacial score (nSPS) is 16.7. The van der Waals surface area contributed by atoms with Crippen LogP contribution in [0.4, 0.5) is 8.78 Å². The van der Waals surface area contributed by atoms with Gasteiger partial charge in [0.15, 0.2) is 0 Å². The molecule has 0 saturated carbocycles. The SMILES string of the molecule is Cc1ccc(-c2cccc(Cn3cc(C(=O)NCC(=O)N4CC(F)(F)C[C@H]4C#N)c(C)n3)c2)cc1. The minimum atomic E-state index is -3.10. The fourth-order valence-corrected chi connectivity index (χ4v) is 4.15. The van der Waals surface area contributed by atoms with E-state index in [1.807, 2.05) is 25.1 Å². The summed E-state index contributed by atoms with van der Waals surface area (Å²) in [4.78, 5) is 25.8. The number of hydrogen-bond donors (Lipinski definition) is 1. The van der Waals surface area contributed by atoms with Crippen LogP contribution in [-0.4, -0.2) is 51.5 Å². The second kappa shape index (κ2) is 9.66. The molecular weight excluding hydrogens is 452 g/mol. The Kier molecular flexibility index (Phi) is 6.65. The Morgan fingerprint density at radius 3 is 2.63 bits per heavy atom. The zero-order valence-electron chi connectivity index (χ0n) is 19.5. The van der Waals surface area contributed by atoms with Gasteiger partial charge in [-0.3, -0.25) is 14.3 Å². The lowest BCUT2D eigenvalue weighted by molar-refractivity contribution is -0.131. The van der Waals surface area contributed by atoms with Crippen LogP contribution < -0.4 is 5.32 Å². The van der Waals surface area contributed by atoms with Crippen molar-refractivity contribution in [3.8, 4) is 17.2 Å². The van der Waals surface area contributed by atoms with Gasteiger partial charge >= 0.3 is 0 Å². The molecule has 1 aliphatic heterocycles.